The predicted molar refractivity (Wildman–Crippen MR) is 95.0 cm³/mol. The van der Waals surface area contributed by atoms with E-state index < -0.39 is 10.0 Å². The highest BCUT2D eigenvalue weighted by molar-refractivity contribution is 7.89. The molecule has 2 aliphatic rings. The van der Waals surface area contributed by atoms with Gasteiger partial charge in [0.2, 0.25) is 10.0 Å². The van der Waals surface area contributed by atoms with Gasteiger partial charge in [0.15, 0.2) is 0 Å². The molecule has 1 aromatic carbocycles. The third-order valence-electron chi connectivity index (χ3n) is 5.24. The lowest BCUT2D eigenvalue weighted by Gasteiger charge is -2.30. The van der Waals surface area contributed by atoms with E-state index in [2.05, 4.69) is 4.72 Å². The number of amides is 1. The van der Waals surface area contributed by atoms with Crippen molar-refractivity contribution in [3.8, 4) is 0 Å². The molecular formula is C18H26N2O4S. The summed E-state index contributed by atoms with van der Waals surface area (Å²) in [5.74, 6) is 0.244. The Balaban J connectivity index is 1.57. The first-order chi connectivity index (χ1) is 12.0. The van der Waals surface area contributed by atoms with Crippen LogP contribution in [0.15, 0.2) is 23.1 Å². The number of fused-ring (bicyclic) bond motifs is 1. The number of carbonyl (C=O) groups is 1. The van der Waals surface area contributed by atoms with Gasteiger partial charge in [-0.15, -0.1) is 0 Å². The molecule has 0 unspecified atom stereocenters. The maximum atomic E-state index is 12.6. The molecule has 25 heavy (non-hydrogen) atoms. The first-order valence-electron chi connectivity index (χ1n) is 8.94. The van der Waals surface area contributed by atoms with Gasteiger partial charge in [0.05, 0.1) is 12.0 Å². The van der Waals surface area contributed by atoms with Crippen molar-refractivity contribution in [2.75, 3.05) is 26.7 Å². The van der Waals surface area contributed by atoms with E-state index in [0.717, 1.165) is 32.1 Å². The van der Waals surface area contributed by atoms with E-state index in [4.69, 9.17) is 4.74 Å². The lowest BCUT2D eigenvalue weighted by Crippen LogP contribution is -2.41. The molecule has 0 bridgehead atoms. The highest BCUT2D eigenvalue weighted by Gasteiger charge is 2.25. The molecule has 1 fully saturated rings. The number of rotatable bonds is 4. The molecule has 1 aliphatic heterocycles. The van der Waals surface area contributed by atoms with Crippen LogP contribution in [0.25, 0.3) is 0 Å². The van der Waals surface area contributed by atoms with Gasteiger partial charge in [0.25, 0.3) is 0 Å². The number of nitrogens with zero attached hydrogens (tertiary/aromatic N) is 1. The van der Waals surface area contributed by atoms with Crippen LogP contribution >= 0.6 is 0 Å². The minimum atomic E-state index is -3.48. The number of aryl methyl sites for hydroxylation is 2. The zero-order valence-electron chi connectivity index (χ0n) is 14.7. The fourth-order valence-electron chi connectivity index (χ4n) is 3.64. The van der Waals surface area contributed by atoms with Crippen LogP contribution < -0.4 is 4.72 Å². The number of hydrogen-bond acceptors (Lipinski definition) is 4. The van der Waals surface area contributed by atoms with Crippen LogP contribution in [0.4, 0.5) is 4.79 Å². The second-order valence-electron chi connectivity index (χ2n) is 6.89. The summed E-state index contributed by atoms with van der Waals surface area (Å²) in [5.41, 5.74) is 2.45. The average Bonchev–Trinajstić information content (AvgIpc) is 2.66. The Labute approximate surface area is 149 Å². The number of carbonyl (C=O) groups excluding carboxylic acids is 1. The van der Waals surface area contributed by atoms with Gasteiger partial charge in [-0.05, 0) is 67.7 Å². The van der Waals surface area contributed by atoms with Crippen molar-refractivity contribution in [2.45, 2.75) is 43.4 Å². The summed E-state index contributed by atoms with van der Waals surface area (Å²) in [6, 6.07) is 5.50. The maximum absolute atomic E-state index is 12.6. The predicted octanol–water partition coefficient (Wildman–Crippen LogP) is 2.32. The molecule has 1 saturated heterocycles. The number of hydrogen-bond donors (Lipinski definition) is 1. The highest BCUT2D eigenvalue weighted by Crippen LogP contribution is 2.24. The van der Waals surface area contributed by atoms with Gasteiger partial charge in [0, 0.05) is 19.6 Å². The smallest absolute Gasteiger partial charge is 0.409 e. The first-order valence-corrected chi connectivity index (χ1v) is 10.4. The number of piperidine rings is 1. The lowest BCUT2D eigenvalue weighted by molar-refractivity contribution is 0.106. The van der Waals surface area contributed by atoms with Crippen LogP contribution in [-0.2, 0) is 27.6 Å². The fourth-order valence-corrected chi connectivity index (χ4v) is 4.80. The molecule has 7 heteroatoms. The molecule has 0 aromatic heterocycles. The Bertz CT molecular complexity index is 725. The van der Waals surface area contributed by atoms with E-state index >= 15 is 0 Å². The van der Waals surface area contributed by atoms with Crippen molar-refractivity contribution in [1.82, 2.24) is 9.62 Å². The van der Waals surface area contributed by atoms with E-state index in [-0.39, 0.29) is 12.0 Å². The average molecular weight is 366 g/mol. The van der Waals surface area contributed by atoms with Gasteiger partial charge in [-0.1, -0.05) is 6.07 Å². The summed E-state index contributed by atoms with van der Waals surface area (Å²) in [6.07, 6.45) is 5.56. The van der Waals surface area contributed by atoms with Gasteiger partial charge < -0.3 is 9.64 Å². The van der Waals surface area contributed by atoms with Crippen LogP contribution in [0.1, 0.15) is 36.8 Å². The summed E-state index contributed by atoms with van der Waals surface area (Å²) in [4.78, 5) is 13.5. The number of benzene rings is 1. The quantitative estimate of drug-likeness (QED) is 0.887. The van der Waals surface area contributed by atoms with Crippen LogP contribution in [0.5, 0.6) is 0 Å². The second-order valence-corrected chi connectivity index (χ2v) is 8.66. The Morgan fingerprint density at radius 1 is 1.20 bits per heavy atom. The first kappa shape index (κ1) is 18.2. The zero-order chi connectivity index (χ0) is 17.9. The molecule has 1 N–H and O–H groups in total. The molecule has 0 atom stereocenters. The van der Waals surface area contributed by atoms with Crippen molar-refractivity contribution >= 4 is 16.1 Å². The van der Waals surface area contributed by atoms with E-state index in [9.17, 15) is 13.2 Å². The molecule has 1 aliphatic carbocycles. The summed E-state index contributed by atoms with van der Waals surface area (Å²) >= 11 is 0. The highest BCUT2D eigenvalue weighted by atomic mass is 32.2. The number of sulfonamides is 1. The molecule has 0 saturated carbocycles. The van der Waals surface area contributed by atoms with E-state index in [1.165, 1.54) is 24.7 Å². The van der Waals surface area contributed by atoms with Crippen molar-refractivity contribution < 1.29 is 17.9 Å². The van der Waals surface area contributed by atoms with Gasteiger partial charge in [-0.3, -0.25) is 0 Å². The lowest BCUT2D eigenvalue weighted by atomic mass is 9.92. The Hall–Kier alpha value is -1.60. The fraction of sp³-hybridized carbons (Fsp3) is 0.611. The molecule has 0 spiro atoms. The SMILES string of the molecule is COC(=O)N1CCC(CNS(=O)(=O)c2ccc3c(c2)CCCC3)CC1. The number of methoxy groups -OCH3 is 1. The largest absolute Gasteiger partial charge is 0.453 e. The summed E-state index contributed by atoms with van der Waals surface area (Å²) in [6.45, 7) is 1.63. The molecule has 6 nitrogen and oxygen atoms in total. The minimum Gasteiger partial charge on any atom is -0.453 e. The Morgan fingerprint density at radius 3 is 2.56 bits per heavy atom. The van der Waals surface area contributed by atoms with Crippen molar-refractivity contribution in [1.29, 1.82) is 0 Å². The van der Waals surface area contributed by atoms with E-state index in [1.54, 1.807) is 11.0 Å². The number of likely N-dealkylation sites (tertiary alicyclic amines) is 1. The monoisotopic (exact) mass is 366 g/mol. The number of nitrogens with one attached hydrogen (secondary N) is 1. The molecule has 0 radical (unpaired) electrons. The van der Waals surface area contributed by atoms with Gasteiger partial charge in [-0.25, -0.2) is 17.9 Å². The summed E-state index contributed by atoms with van der Waals surface area (Å²) in [7, 11) is -2.11. The third-order valence-corrected chi connectivity index (χ3v) is 6.66. The molecule has 1 heterocycles. The Morgan fingerprint density at radius 2 is 1.88 bits per heavy atom. The van der Waals surface area contributed by atoms with Gasteiger partial charge in [0.1, 0.15) is 0 Å². The molecular weight excluding hydrogens is 340 g/mol. The topological polar surface area (TPSA) is 75.7 Å². The van der Waals surface area contributed by atoms with Crippen LogP contribution in [0, 0.1) is 5.92 Å². The summed E-state index contributed by atoms with van der Waals surface area (Å²) in [5, 5.41) is 0. The van der Waals surface area contributed by atoms with Crippen LogP contribution in [0.2, 0.25) is 0 Å². The van der Waals surface area contributed by atoms with E-state index in [0.29, 0.717) is 24.5 Å². The van der Waals surface area contributed by atoms with Crippen molar-refractivity contribution in [3.63, 3.8) is 0 Å². The van der Waals surface area contributed by atoms with Gasteiger partial charge in [-0.2, -0.15) is 0 Å². The Kier molecular flexibility index (Phi) is 5.64. The standard InChI is InChI=1S/C18H26N2O4S/c1-24-18(21)20-10-8-14(9-11-20)13-19-25(22,23)17-7-6-15-4-2-3-5-16(15)12-17/h6-7,12,14,19H,2-5,8-11,13H2,1H3. The third kappa shape index (κ3) is 4.33. The molecule has 1 amide bonds. The van der Waals surface area contributed by atoms with Crippen molar-refractivity contribution in [3.05, 3.63) is 29.3 Å². The zero-order valence-corrected chi connectivity index (χ0v) is 15.5. The van der Waals surface area contributed by atoms with Crippen molar-refractivity contribution in [2.24, 2.45) is 5.92 Å². The van der Waals surface area contributed by atoms with Crippen LogP contribution in [-0.4, -0.2) is 46.2 Å². The summed E-state index contributed by atoms with van der Waals surface area (Å²) < 4.78 is 32.6. The minimum absolute atomic E-state index is 0.244. The maximum Gasteiger partial charge on any atom is 0.409 e. The van der Waals surface area contributed by atoms with Gasteiger partial charge >= 0.3 is 6.09 Å². The molecule has 138 valence electrons. The second kappa shape index (κ2) is 7.74. The van der Waals surface area contributed by atoms with Crippen LogP contribution in [0.3, 0.4) is 0 Å². The molecule has 1 aromatic rings. The molecule has 3 rings (SSSR count). The normalized spacial score (nSPS) is 18.7. The van der Waals surface area contributed by atoms with E-state index in [1.807, 2.05) is 12.1 Å². The number of ether oxygens (including phenoxy) is 1.